The zero-order chi connectivity index (χ0) is 16.1. The molecule has 1 unspecified atom stereocenters. The predicted molar refractivity (Wildman–Crippen MR) is 91.4 cm³/mol. The molecule has 0 spiro atoms. The summed E-state index contributed by atoms with van der Waals surface area (Å²) in [7, 11) is 0. The van der Waals surface area contributed by atoms with Crippen LogP contribution >= 0.6 is 12.6 Å². The maximum absolute atomic E-state index is 11.6. The Labute approximate surface area is 138 Å². The number of aryl methyl sites for hydroxylation is 1. The Morgan fingerprint density at radius 3 is 2.68 bits per heavy atom. The standard InChI is InChI=1S/C17H26N2O2S/c1-11(2)16(20)6-4-13-5-7-17(18-10-13)21-15-8-14(9-15)19-12(3)22/h5,7,10-12,14-15,19,22H,4,6,8-9H2,1-3H3/t12?,14-,15-. The quantitative estimate of drug-likeness (QED) is 0.571. The number of carbonyl (C=O) groups excluding carboxylic acids is 1. The highest BCUT2D eigenvalue weighted by molar-refractivity contribution is 7.80. The van der Waals surface area contributed by atoms with Gasteiger partial charge in [-0.15, -0.1) is 0 Å². The highest BCUT2D eigenvalue weighted by atomic mass is 32.1. The van der Waals surface area contributed by atoms with E-state index in [1.165, 1.54) is 0 Å². The van der Waals surface area contributed by atoms with Crippen LogP contribution in [0.1, 0.15) is 45.6 Å². The molecule has 0 bridgehead atoms. The van der Waals surface area contributed by atoms with Gasteiger partial charge in [-0.3, -0.25) is 4.79 Å². The molecular formula is C17H26N2O2S. The summed E-state index contributed by atoms with van der Waals surface area (Å²) in [6.07, 6.45) is 5.38. The Bertz CT molecular complexity index is 482. The molecule has 0 radical (unpaired) electrons. The zero-order valence-electron chi connectivity index (χ0n) is 13.6. The second-order valence-electron chi connectivity index (χ2n) is 6.38. The second-order valence-corrected chi connectivity index (χ2v) is 7.15. The van der Waals surface area contributed by atoms with Crippen molar-refractivity contribution in [3.63, 3.8) is 0 Å². The summed E-state index contributed by atoms with van der Waals surface area (Å²) >= 11 is 4.32. The third-order valence-corrected chi connectivity index (χ3v) is 4.11. The van der Waals surface area contributed by atoms with Crippen LogP contribution in [0.2, 0.25) is 0 Å². The van der Waals surface area contributed by atoms with Crippen LogP contribution in [0.3, 0.4) is 0 Å². The number of ether oxygens (including phenoxy) is 1. The minimum atomic E-state index is 0.107. The van der Waals surface area contributed by atoms with Crippen LogP contribution < -0.4 is 10.1 Å². The normalized spacial score (nSPS) is 22.2. The Kier molecular flexibility index (Phi) is 6.26. The molecule has 0 amide bonds. The molecule has 5 heteroatoms. The second kappa shape index (κ2) is 7.97. The number of thiol groups is 1. The van der Waals surface area contributed by atoms with Gasteiger partial charge in [-0.1, -0.05) is 19.9 Å². The SMILES string of the molecule is CC(S)N[C@H]1C[C@H](Oc2ccc(CCC(=O)C(C)C)cn2)C1. The van der Waals surface area contributed by atoms with Crippen LogP contribution in [0.25, 0.3) is 0 Å². The van der Waals surface area contributed by atoms with Crippen molar-refractivity contribution in [2.24, 2.45) is 5.92 Å². The lowest BCUT2D eigenvalue weighted by Gasteiger charge is -2.36. The fourth-order valence-electron chi connectivity index (χ4n) is 2.49. The summed E-state index contributed by atoms with van der Waals surface area (Å²) < 4.78 is 5.84. The number of hydrogen-bond acceptors (Lipinski definition) is 5. The lowest BCUT2D eigenvalue weighted by atomic mass is 9.89. The molecule has 1 fully saturated rings. The number of aromatic nitrogens is 1. The van der Waals surface area contributed by atoms with Gasteiger partial charge < -0.3 is 10.1 Å². The highest BCUT2D eigenvalue weighted by Gasteiger charge is 2.31. The number of rotatable bonds is 8. The molecule has 0 aromatic carbocycles. The number of pyridine rings is 1. The van der Waals surface area contributed by atoms with E-state index in [2.05, 4.69) is 22.9 Å². The lowest BCUT2D eigenvalue weighted by molar-refractivity contribution is -0.121. The molecule has 1 saturated carbocycles. The monoisotopic (exact) mass is 322 g/mol. The van der Waals surface area contributed by atoms with Crippen molar-refractivity contribution in [2.45, 2.75) is 64.0 Å². The molecule has 1 aromatic rings. The Morgan fingerprint density at radius 2 is 2.14 bits per heavy atom. The van der Waals surface area contributed by atoms with E-state index in [4.69, 9.17) is 4.74 Å². The van der Waals surface area contributed by atoms with E-state index in [0.29, 0.717) is 24.1 Å². The molecule has 4 nitrogen and oxygen atoms in total. The first-order valence-electron chi connectivity index (χ1n) is 8.02. The van der Waals surface area contributed by atoms with Gasteiger partial charge in [0.1, 0.15) is 11.9 Å². The molecule has 0 saturated heterocycles. The fraction of sp³-hybridized carbons (Fsp3) is 0.647. The molecule has 1 heterocycles. The molecular weight excluding hydrogens is 296 g/mol. The number of Topliss-reactive ketones (excluding diaryl/α,β-unsaturated/α-hetero) is 1. The number of nitrogens with one attached hydrogen (secondary N) is 1. The Balaban J connectivity index is 1.72. The van der Waals surface area contributed by atoms with Crippen molar-refractivity contribution in [1.82, 2.24) is 10.3 Å². The first-order chi connectivity index (χ1) is 10.4. The van der Waals surface area contributed by atoms with E-state index in [1.54, 1.807) is 0 Å². The summed E-state index contributed by atoms with van der Waals surface area (Å²) in [5.41, 5.74) is 1.08. The largest absolute Gasteiger partial charge is 0.474 e. The van der Waals surface area contributed by atoms with Crippen molar-refractivity contribution in [1.29, 1.82) is 0 Å². The van der Waals surface area contributed by atoms with Crippen LogP contribution in [0.4, 0.5) is 0 Å². The van der Waals surface area contributed by atoms with Crippen LogP contribution in [-0.4, -0.2) is 28.3 Å². The average molecular weight is 322 g/mol. The van der Waals surface area contributed by atoms with Crippen LogP contribution in [0.15, 0.2) is 18.3 Å². The topological polar surface area (TPSA) is 51.2 Å². The minimum absolute atomic E-state index is 0.107. The molecule has 1 atom stereocenters. The zero-order valence-corrected chi connectivity index (χ0v) is 14.5. The van der Waals surface area contributed by atoms with Gasteiger partial charge in [0.2, 0.25) is 5.88 Å². The fourth-order valence-corrected chi connectivity index (χ4v) is 2.71. The smallest absolute Gasteiger partial charge is 0.213 e. The van der Waals surface area contributed by atoms with E-state index in [9.17, 15) is 4.79 Å². The maximum atomic E-state index is 11.6. The summed E-state index contributed by atoms with van der Waals surface area (Å²) in [6.45, 7) is 5.90. The first kappa shape index (κ1) is 17.3. The molecule has 0 aliphatic heterocycles. The third kappa shape index (κ3) is 5.29. The number of hydrogen-bond donors (Lipinski definition) is 2. The van der Waals surface area contributed by atoms with Crippen molar-refractivity contribution in [2.75, 3.05) is 0 Å². The van der Waals surface area contributed by atoms with Crippen LogP contribution in [0, 0.1) is 5.92 Å². The van der Waals surface area contributed by atoms with E-state index < -0.39 is 0 Å². The molecule has 1 aromatic heterocycles. The molecule has 1 N–H and O–H groups in total. The van der Waals surface area contributed by atoms with E-state index >= 15 is 0 Å². The summed E-state index contributed by atoms with van der Waals surface area (Å²) in [4.78, 5) is 16.0. The van der Waals surface area contributed by atoms with Crippen molar-refractivity contribution >= 4 is 18.4 Å². The highest BCUT2D eigenvalue weighted by Crippen LogP contribution is 2.25. The van der Waals surface area contributed by atoms with Crippen LogP contribution in [0.5, 0.6) is 5.88 Å². The molecule has 1 aliphatic carbocycles. The van der Waals surface area contributed by atoms with Gasteiger partial charge in [0.15, 0.2) is 0 Å². The van der Waals surface area contributed by atoms with E-state index in [1.807, 2.05) is 39.1 Å². The van der Waals surface area contributed by atoms with Gasteiger partial charge in [-0.2, -0.15) is 12.6 Å². The van der Waals surface area contributed by atoms with Gasteiger partial charge in [-0.25, -0.2) is 4.98 Å². The van der Waals surface area contributed by atoms with Crippen molar-refractivity contribution < 1.29 is 9.53 Å². The van der Waals surface area contributed by atoms with Gasteiger partial charge >= 0.3 is 0 Å². The van der Waals surface area contributed by atoms with Gasteiger partial charge in [0.05, 0.1) is 0 Å². The minimum Gasteiger partial charge on any atom is -0.474 e. The summed E-state index contributed by atoms with van der Waals surface area (Å²) in [6, 6.07) is 4.40. The first-order valence-corrected chi connectivity index (χ1v) is 8.54. The molecule has 122 valence electrons. The third-order valence-electron chi connectivity index (χ3n) is 3.96. The summed E-state index contributed by atoms with van der Waals surface area (Å²) in [5, 5.41) is 3.59. The van der Waals surface area contributed by atoms with E-state index in [0.717, 1.165) is 24.8 Å². The number of nitrogens with zero attached hydrogens (tertiary/aromatic N) is 1. The average Bonchev–Trinajstić information content (AvgIpc) is 2.43. The Morgan fingerprint density at radius 1 is 1.41 bits per heavy atom. The van der Waals surface area contributed by atoms with Crippen molar-refractivity contribution in [3.05, 3.63) is 23.9 Å². The molecule has 22 heavy (non-hydrogen) atoms. The lowest BCUT2D eigenvalue weighted by Crippen LogP contribution is -2.48. The van der Waals surface area contributed by atoms with Gasteiger partial charge in [0, 0.05) is 36.0 Å². The number of ketones is 1. The number of carbonyl (C=O) groups is 1. The molecule has 1 aliphatic rings. The van der Waals surface area contributed by atoms with Crippen LogP contribution in [-0.2, 0) is 11.2 Å². The van der Waals surface area contributed by atoms with Crippen molar-refractivity contribution in [3.8, 4) is 5.88 Å². The molecule has 2 rings (SSSR count). The maximum Gasteiger partial charge on any atom is 0.213 e. The van der Waals surface area contributed by atoms with Gasteiger partial charge in [-0.05, 0) is 31.7 Å². The van der Waals surface area contributed by atoms with E-state index in [-0.39, 0.29) is 17.4 Å². The summed E-state index contributed by atoms with van der Waals surface area (Å²) in [5.74, 6) is 1.07. The van der Waals surface area contributed by atoms with Gasteiger partial charge in [0.25, 0.3) is 0 Å². The Hall–Kier alpha value is -1.07. The predicted octanol–water partition coefficient (Wildman–Crippen LogP) is 3.01.